The maximum atomic E-state index is 15.0. The number of anilines is 2. The highest BCUT2D eigenvalue weighted by Gasteiger charge is 2.44. The number of nitrogens with one attached hydrogen (secondary N) is 1. The molecule has 0 saturated heterocycles. The number of hydrogen-bond acceptors (Lipinski definition) is 6. The van der Waals surface area contributed by atoms with Crippen LogP contribution in [-0.4, -0.2) is 25.7 Å². The van der Waals surface area contributed by atoms with E-state index in [1.165, 1.54) is 6.07 Å². The topological polar surface area (TPSA) is 125 Å². The minimum atomic E-state index is -0.467. The summed E-state index contributed by atoms with van der Waals surface area (Å²) in [6.07, 6.45) is 6.06. The Morgan fingerprint density at radius 1 is 1.26 bits per heavy atom. The molecule has 172 valence electrons. The second-order valence-electron chi connectivity index (χ2n) is 8.74. The molecule has 0 unspecified atom stereocenters. The molecule has 2 atom stereocenters. The number of carbonyl (C=O) groups excluding carboxylic acids is 1. The van der Waals surface area contributed by atoms with Gasteiger partial charge in [-0.25, -0.2) is 14.4 Å². The van der Waals surface area contributed by atoms with Crippen molar-refractivity contribution in [2.75, 3.05) is 11.1 Å². The van der Waals surface area contributed by atoms with Crippen LogP contribution in [0.15, 0.2) is 49.4 Å². The molecule has 4 aromatic rings. The summed E-state index contributed by atoms with van der Waals surface area (Å²) in [6.45, 7) is 5.45. The largest absolute Gasteiger partial charge is 0.399 e. The Kier molecular flexibility index (Phi) is 5.04. The zero-order valence-corrected chi connectivity index (χ0v) is 18.8. The molecule has 1 aliphatic carbocycles. The third kappa shape index (κ3) is 3.85. The van der Waals surface area contributed by atoms with Crippen molar-refractivity contribution in [3.8, 4) is 11.3 Å². The van der Waals surface area contributed by atoms with Crippen LogP contribution >= 0.6 is 0 Å². The van der Waals surface area contributed by atoms with Crippen LogP contribution in [0.2, 0.25) is 0 Å². The molecule has 8 nitrogen and oxygen atoms in total. The minimum Gasteiger partial charge on any atom is -0.399 e. The average Bonchev–Trinajstić information content (AvgIpc) is 3.46. The number of aryl methyl sites for hydroxylation is 2. The lowest BCUT2D eigenvalue weighted by atomic mass is 9.99. The van der Waals surface area contributed by atoms with Crippen LogP contribution < -0.4 is 16.8 Å². The highest BCUT2D eigenvalue weighted by molar-refractivity contribution is 5.99. The number of fused-ring (bicyclic) bond motifs is 1. The van der Waals surface area contributed by atoms with Gasteiger partial charge in [0.05, 0.1) is 11.9 Å². The van der Waals surface area contributed by atoms with Crippen molar-refractivity contribution >= 4 is 34.0 Å². The van der Waals surface area contributed by atoms with E-state index < -0.39 is 5.82 Å². The Balaban J connectivity index is 1.44. The third-order valence-electron chi connectivity index (χ3n) is 6.19. The van der Waals surface area contributed by atoms with Crippen LogP contribution in [0.3, 0.4) is 0 Å². The molecule has 1 fully saturated rings. The molecule has 1 amide bonds. The molecule has 9 heteroatoms. The first kappa shape index (κ1) is 21.6. The molecule has 0 bridgehead atoms. The molecule has 0 aliphatic heterocycles. The van der Waals surface area contributed by atoms with Crippen molar-refractivity contribution in [3.63, 3.8) is 0 Å². The van der Waals surface area contributed by atoms with E-state index in [1.807, 2.05) is 13.2 Å². The lowest BCUT2D eigenvalue weighted by molar-refractivity contribution is -0.117. The number of hydrogen-bond donors (Lipinski definition) is 3. The fraction of sp³-hybridized carbons (Fsp3) is 0.200. The summed E-state index contributed by atoms with van der Waals surface area (Å²) in [5.41, 5.74) is 15.1. The van der Waals surface area contributed by atoms with Gasteiger partial charge < -0.3 is 16.8 Å². The first-order chi connectivity index (χ1) is 16.2. The van der Waals surface area contributed by atoms with Crippen molar-refractivity contribution in [1.29, 1.82) is 0 Å². The number of amides is 1. The number of nitrogens with two attached hydrogens (primary N) is 2. The summed E-state index contributed by atoms with van der Waals surface area (Å²) in [4.78, 5) is 21.5. The Morgan fingerprint density at radius 3 is 2.74 bits per heavy atom. The van der Waals surface area contributed by atoms with Gasteiger partial charge in [-0.3, -0.25) is 9.48 Å². The van der Waals surface area contributed by atoms with Gasteiger partial charge >= 0.3 is 0 Å². The van der Waals surface area contributed by atoms with Crippen LogP contribution in [0.4, 0.5) is 16.0 Å². The first-order valence-corrected chi connectivity index (χ1v) is 10.8. The van der Waals surface area contributed by atoms with E-state index in [0.29, 0.717) is 39.0 Å². The van der Waals surface area contributed by atoms with Crippen molar-refractivity contribution in [2.45, 2.75) is 19.3 Å². The van der Waals surface area contributed by atoms with Gasteiger partial charge in [-0.15, -0.1) is 0 Å². The van der Waals surface area contributed by atoms with Gasteiger partial charge in [0.25, 0.3) is 0 Å². The Labute approximate surface area is 195 Å². The summed E-state index contributed by atoms with van der Waals surface area (Å²) in [6, 6.07) is 6.55. The number of rotatable bonds is 5. The maximum absolute atomic E-state index is 15.0. The number of nitrogen functional groups attached to an aromatic ring is 1. The summed E-state index contributed by atoms with van der Waals surface area (Å²) < 4.78 is 16.7. The lowest BCUT2D eigenvalue weighted by Gasteiger charge is -2.12. The molecular weight excluding hydrogens is 433 g/mol. The van der Waals surface area contributed by atoms with Crippen molar-refractivity contribution in [2.24, 2.45) is 18.7 Å². The molecular formula is C25H24FN7O. The Morgan fingerprint density at radius 2 is 2.06 bits per heavy atom. The van der Waals surface area contributed by atoms with Crippen molar-refractivity contribution in [3.05, 3.63) is 71.9 Å². The van der Waals surface area contributed by atoms with Crippen LogP contribution in [0.5, 0.6) is 0 Å². The quantitative estimate of drug-likeness (QED) is 0.419. The smallest absolute Gasteiger partial charge is 0.229 e. The zero-order valence-electron chi connectivity index (χ0n) is 18.8. The summed E-state index contributed by atoms with van der Waals surface area (Å²) in [5.74, 6) is 0.111. The van der Waals surface area contributed by atoms with E-state index in [9.17, 15) is 9.18 Å². The molecule has 5 N–H and O–H groups in total. The van der Waals surface area contributed by atoms with Gasteiger partial charge in [-0.1, -0.05) is 6.58 Å². The third-order valence-corrected chi connectivity index (χ3v) is 6.19. The minimum absolute atomic E-state index is 0.0950. The SMILES string of the molecule is C=C(N)c1cc(C)c(-c2cc3cc(NC(=O)[C@@H]4C[C@H]4c4cnn(C)c4)ncc3c(N)n2)c(F)c1. The molecule has 0 radical (unpaired) electrons. The van der Waals surface area contributed by atoms with E-state index in [1.54, 1.807) is 42.2 Å². The number of pyridine rings is 2. The van der Waals surface area contributed by atoms with E-state index in [4.69, 9.17) is 11.5 Å². The van der Waals surface area contributed by atoms with E-state index in [-0.39, 0.29) is 29.3 Å². The number of carbonyl (C=O) groups is 1. The van der Waals surface area contributed by atoms with Gasteiger partial charge in [-0.2, -0.15) is 5.10 Å². The number of aromatic nitrogens is 4. The van der Waals surface area contributed by atoms with Gasteiger partial charge in [0.2, 0.25) is 5.91 Å². The fourth-order valence-corrected chi connectivity index (χ4v) is 4.33. The molecule has 0 spiro atoms. The first-order valence-electron chi connectivity index (χ1n) is 10.8. The summed E-state index contributed by atoms with van der Waals surface area (Å²) in [5, 5.41) is 8.37. The molecule has 5 rings (SSSR count). The normalized spacial score (nSPS) is 17.0. The van der Waals surface area contributed by atoms with Crippen LogP contribution in [-0.2, 0) is 11.8 Å². The zero-order chi connectivity index (χ0) is 24.1. The molecule has 3 heterocycles. The predicted octanol–water partition coefficient (Wildman–Crippen LogP) is 3.73. The summed E-state index contributed by atoms with van der Waals surface area (Å²) >= 11 is 0. The average molecular weight is 458 g/mol. The Hall–Kier alpha value is -4.27. The van der Waals surface area contributed by atoms with Crippen LogP contribution in [0.25, 0.3) is 27.7 Å². The van der Waals surface area contributed by atoms with Gasteiger partial charge in [-0.05, 0) is 65.6 Å². The highest BCUT2D eigenvalue weighted by atomic mass is 19.1. The van der Waals surface area contributed by atoms with Gasteiger partial charge in [0.1, 0.15) is 17.5 Å². The highest BCUT2D eigenvalue weighted by Crippen LogP contribution is 2.47. The van der Waals surface area contributed by atoms with Crippen molar-refractivity contribution in [1.82, 2.24) is 19.7 Å². The van der Waals surface area contributed by atoms with Gasteiger partial charge in [0.15, 0.2) is 0 Å². The fourth-order valence-electron chi connectivity index (χ4n) is 4.33. The van der Waals surface area contributed by atoms with E-state index >= 15 is 0 Å². The number of nitrogens with zero attached hydrogens (tertiary/aromatic N) is 4. The Bertz CT molecular complexity index is 1450. The van der Waals surface area contributed by atoms with Crippen LogP contribution in [0.1, 0.15) is 29.0 Å². The van der Waals surface area contributed by atoms with E-state index in [2.05, 4.69) is 27.0 Å². The molecule has 3 aromatic heterocycles. The molecule has 1 saturated carbocycles. The van der Waals surface area contributed by atoms with Gasteiger partial charge in [0, 0.05) is 42.0 Å². The standard InChI is InChI=1S/C25H24FN7O/c1-12-4-14(13(2)27)5-20(26)23(12)21-6-15-7-22(29-10-19(15)24(28)31-21)32-25(34)18-8-17(18)16-9-30-33(3)11-16/h4-7,9-11,17-18H,2,8,27H2,1,3H3,(H2,28,31)(H,29,32,34)/t17-,18+/m0/s1. The second-order valence-corrected chi connectivity index (χ2v) is 8.74. The molecule has 1 aromatic carbocycles. The van der Waals surface area contributed by atoms with E-state index in [0.717, 1.165) is 12.0 Å². The summed E-state index contributed by atoms with van der Waals surface area (Å²) in [7, 11) is 1.85. The second kappa shape index (κ2) is 7.95. The maximum Gasteiger partial charge on any atom is 0.229 e. The van der Waals surface area contributed by atoms with Crippen LogP contribution in [0, 0.1) is 18.7 Å². The number of halogens is 1. The molecule has 34 heavy (non-hydrogen) atoms. The number of benzene rings is 1. The monoisotopic (exact) mass is 457 g/mol. The molecule has 1 aliphatic rings. The van der Waals surface area contributed by atoms with Crippen molar-refractivity contribution < 1.29 is 9.18 Å². The lowest BCUT2D eigenvalue weighted by Crippen LogP contribution is -2.15. The predicted molar refractivity (Wildman–Crippen MR) is 130 cm³/mol.